The number of Topliss-reactive ketones (excluding diaryl/α,β-unsaturated/α-hetero) is 1. The maximum atomic E-state index is 12.2. The zero-order valence-electron chi connectivity index (χ0n) is 13.1. The molecule has 24 heavy (non-hydrogen) atoms. The van der Waals surface area contributed by atoms with Gasteiger partial charge in [0, 0.05) is 5.56 Å². The largest absolute Gasteiger partial charge is 0.497 e. The molecule has 6 heteroatoms. The molecule has 0 N–H and O–H groups in total. The summed E-state index contributed by atoms with van der Waals surface area (Å²) < 4.78 is 20.9. The van der Waals surface area contributed by atoms with Gasteiger partial charge in [0.05, 0.1) is 12.7 Å². The van der Waals surface area contributed by atoms with E-state index in [-0.39, 0.29) is 12.4 Å². The molecule has 0 spiro atoms. The van der Waals surface area contributed by atoms with Crippen molar-refractivity contribution in [1.29, 1.82) is 0 Å². The highest BCUT2D eigenvalue weighted by Crippen LogP contribution is 2.30. The number of carbonyl (C=O) groups excluding carboxylic acids is 2. The van der Waals surface area contributed by atoms with Crippen LogP contribution in [-0.4, -0.2) is 38.7 Å². The minimum Gasteiger partial charge on any atom is -0.497 e. The minimum absolute atomic E-state index is 0.311. The van der Waals surface area contributed by atoms with Crippen molar-refractivity contribution in [3.63, 3.8) is 0 Å². The lowest BCUT2D eigenvalue weighted by atomic mass is 10.1. The van der Waals surface area contributed by atoms with Crippen LogP contribution in [0.5, 0.6) is 17.2 Å². The Hall–Kier alpha value is -3.02. The van der Waals surface area contributed by atoms with Crippen molar-refractivity contribution in [1.82, 2.24) is 0 Å². The van der Waals surface area contributed by atoms with Crippen LogP contribution in [0.25, 0.3) is 0 Å². The number of hydrogen-bond acceptors (Lipinski definition) is 6. The topological polar surface area (TPSA) is 71.1 Å². The number of ether oxygens (including phenoxy) is 4. The molecule has 0 bridgehead atoms. The predicted octanol–water partition coefficient (Wildman–Crippen LogP) is 2.51. The number of ketones is 1. The number of methoxy groups -OCH3 is 1. The fraction of sp³-hybridized carbons (Fsp3) is 0.222. The Morgan fingerprint density at radius 3 is 2.33 bits per heavy atom. The maximum absolute atomic E-state index is 12.2. The second-order valence-electron chi connectivity index (χ2n) is 5.09. The molecule has 3 rings (SSSR count). The third-order valence-electron chi connectivity index (χ3n) is 3.52. The molecular weight excluding hydrogens is 312 g/mol. The zero-order chi connectivity index (χ0) is 16.9. The molecule has 0 aromatic heterocycles. The number of hydrogen-bond donors (Lipinski definition) is 0. The van der Waals surface area contributed by atoms with Crippen LogP contribution in [0.3, 0.4) is 0 Å². The van der Waals surface area contributed by atoms with Crippen molar-refractivity contribution in [3.05, 3.63) is 53.6 Å². The average molecular weight is 328 g/mol. The lowest BCUT2D eigenvalue weighted by Gasteiger charge is -2.18. The van der Waals surface area contributed by atoms with Crippen LogP contribution in [0.4, 0.5) is 0 Å². The van der Waals surface area contributed by atoms with Gasteiger partial charge in [-0.15, -0.1) is 0 Å². The fourth-order valence-electron chi connectivity index (χ4n) is 2.24. The first-order chi connectivity index (χ1) is 11.7. The summed E-state index contributed by atoms with van der Waals surface area (Å²) in [5.41, 5.74) is 0.757. The Balaban J connectivity index is 1.61. The van der Waals surface area contributed by atoms with E-state index < -0.39 is 5.97 Å². The normalized spacial score (nSPS) is 12.4. The second kappa shape index (κ2) is 7.04. The van der Waals surface area contributed by atoms with Crippen molar-refractivity contribution < 1.29 is 28.5 Å². The van der Waals surface area contributed by atoms with E-state index in [1.807, 2.05) is 0 Å². The molecule has 0 unspecified atom stereocenters. The van der Waals surface area contributed by atoms with Gasteiger partial charge in [-0.1, -0.05) is 0 Å². The van der Waals surface area contributed by atoms with Crippen molar-refractivity contribution in [3.8, 4) is 17.2 Å². The Morgan fingerprint density at radius 2 is 1.62 bits per heavy atom. The molecule has 0 aliphatic carbocycles. The SMILES string of the molecule is COc1ccc(C(=O)OCC(=O)c2ccc3c(c2)OCCO3)cc1. The number of carbonyl (C=O) groups is 2. The van der Waals surface area contributed by atoms with E-state index in [0.717, 1.165) is 0 Å². The number of fused-ring (bicyclic) bond motifs is 1. The lowest BCUT2D eigenvalue weighted by molar-refractivity contribution is 0.0474. The van der Waals surface area contributed by atoms with Crippen molar-refractivity contribution >= 4 is 11.8 Å². The summed E-state index contributed by atoms with van der Waals surface area (Å²) in [7, 11) is 1.54. The zero-order valence-corrected chi connectivity index (χ0v) is 13.1. The molecule has 0 saturated heterocycles. The van der Waals surface area contributed by atoms with E-state index in [1.54, 1.807) is 49.6 Å². The van der Waals surface area contributed by atoms with Crippen LogP contribution in [0, 0.1) is 0 Å². The molecule has 0 saturated carbocycles. The van der Waals surface area contributed by atoms with E-state index in [4.69, 9.17) is 18.9 Å². The summed E-state index contributed by atoms with van der Waals surface area (Å²) in [6, 6.07) is 11.4. The number of esters is 1. The standard InChI is InChI=1S/C18H16O6/c1-21-14-5-2-12(3-6-14)18(20)24-11-15(19)13-4-7-16-17(10-13)23-9-8-22-16/h2-7,10H,8-9,11H2,1H3. The second-order valence-corrected chi connectivity index (χ2v) is 5.09. The molecule has 1 aliphatic heterocycles. The van der Waals surface area contributed by atoms with Crippen molar-refractivity contribution in [2.75, 3.05) is 26.9 Å². The van der Waals surface area contributed by atoms with Gasteiger partial charge in [-0.05, 0) is 42.5 Å². The van der Waals surface area contributed by atoms with Gasteiger partial charge in [0.25, 0.3) is 0 Å². The van der Waals surface area contributed by atoms with Gasteiger partial charge in [-0.2, -0.15) is 0 Å². The highest BCUT2D eigenvalue weighted by molar-refractivity contribution is 5.99. The summed E-state index contributed by atoms with van der Waals surface area (Å²) in [5.74, 6) is 0.887. The van der Waals surface area contributed by atoms with Gasteiger partial charge in [0.15, 0.2) is 23.9 Å². The van der Waals surface area contributed by atoms with Crippen LogP contribution in [0.1, 0.15) is 20.7 Å². The van der Waals surface area contributed by atoms with Gasteiger partial charge in [-0.3, -0.25) is 4.79 Å². The number of benzene rings is 2. The third-order valence-corrected chi connectivity index (χ3v) is 3.52. The summed E-state index contributed by atoms with van der Waals surface area (Å²) in [6.07, 6.45) is 0. The molecule has 0 fully saturated rings. The van der Waals surface area contributed by atoms with Gasteiger partial charge >= 0.3 is 5.97 Å². The number of rotatable bonds is 5. The molecule has 124 valence electrons. The molecule has 6 nitrogen and oxygen atoms in total. The van der Waals surface area contributed by atoms with E-state index >= 15 is 0 Å². The smallest absolute Gasteiger partial charge is 0.338 e. The van der Waals surface area contributed by atoms with E-state index in [0.29, 0.717) is 41.6 Å². The molecule has 0 amide bonds. The Morgan fingerprint density at radius 1 is 0.958 bits per heavy atom. The Kier molecular flexibility index (Phi) is 4.65. The highest BCUT2D eigenvalue weighted by Gasteiger charge is 2.16. The molecule has 2 aromatic carbocycles. The lowest BCUT2D eigenvalue weighted by Crippen LogP contribution is -2.17. The molecule has 1 heterocycles. The summed E-state index contributed by atoms with van der Waals surface area (Å²) in [4.78, 5) is 24.1. The third kappa shape index (κ3) is 3.48. The Labute approximate surface area is 138 Å². The fourth-order valence-corrected chi connectivity index (χ4v) is 2.24. The van der Waals surface area contributed by atoms with Gasteiger partial charge in [-0.25, -0.2) is 4.79 Å². The first kappa shape index (κ1) is 15.9. The molecule has 0 radical (unpaired) electrons. The van der Waals surface area contributed by atoms with Gasteiger partial charge in [0.2, 0.25) is 0 Å². The van der Waals surface area contributed by atoms with Crippen LogP contribution in [0.2, 0.25) is 0 Å². The van der Waals surface area contributed by atoms with Crippen LogP contribution in [-0.2, 0) is 4.74 Å². The molecule has 2 aromatic rings. The van der Waals surface area contributed by atoms with Crippen LogP contribution in [0.15, 0.2) is 42.5 Å². The van der Waals surface area contributed by atoms with Crippen molar-refractivity contribution in [2.45, 2.75) is 0 Å². The minimum atomic E-state index is -0.566. The van der Waals surface area contributed by atoms with E-state index in [9.17, 15) is 9.59 Å². The van der Waals surface area contributed by atoms with Crippen LogP contribution >= 0.6 is 0 Å². The van der Waals surface area contributed by atoms with Crippen LogP contribution < -0.4 is 14.2 Å². The van der Waals surface area contributed by atoms with Gasteiger partial charge < -0.3 is 18.9 Å². The quantitative estimate of drug-likeness (QED) is 0.620. The average Bonchev–Trinajstić information content (AvgIpc) is 2.65. The first-order valence-corrected chi connectivity index (χ1v) is 7.41. The van der Waals surface area contributed by atoms with Gasteiger partial charge in [0.1, 0.15) is 19.0 Å². The predicted molar refractivity (Wildman–Crippen MR) is 85.0 cm³/mol. The summed E-state index contributed by atoms with van der Waals surface area (Å²) in [6.45, 7) is 0.585. The highest BCUT2D eigenvalue weighted by atomic mass is 16.6. The summed E-state index contributed by atoms with van der Waals surface area (Å²) >= 11 is 0. The monoisotopic (exact) mass is 328 g/mol. The molecular formula is C18H16O6. The van der Waals surface area contributed by atoms with E-state index in [2.05, 4.69) is 0 Å². The van der Waals surface area contributed by atoms with E-state index in [1.165, 1.54) is 0 Å². The maximum Gasteiger partial charge on any atom is 0.338 e. The Bertz CT molecular complexity index is 751. The first-order valence-electron chi connectivity index (χ1n) is 7.41. The molecule has 1 aliphatic rings. The van der Waals surface area contributed by atoms with Crippen molar-refractivity contribution in [2.24, 2.45) is 0 Å². The summed E-state index contributed by atoms with van der Waals surface area (Å²) in [5, 5.41) is 0. The molecule has 0 atom stereocenters.